The zero-order chi connectivity index (χ0) is 24.9. The lowest BCUT2D eigenvalue weighted by molar-refractivity contribution is -0.144. The van der Waals surface area contributed by atoms with E-state index < -0.39 is 0 Å². The number of carbonyl (C=O) groups excluding carboxylic acids is 1. The first-order chi connectivity index (χ1) is 17.3. The van der Waals surface area contributed by atoms with Crippen molar-refractivity contribution in [3.05, 3.63) is 47.8 Å². The van der Waals surface area contributed by atoms with Crippen LogP contribution in [-0.4, -0.2) is 32.1 Å². The van der Waals surface area contributed by atoms with Gasteiger partial charge in [-0.15, -0.1) is 5.10 Å². The van der Waals surface area contributed by atoms with E-state index in [1.807, 2.05) is 10.9 Å². The highest BCUT2D eigenvalue weighted by Crippen LogP contribution is 2.81. The number of hydrogen-bond acceptors (Lipinski definition) is 4. The molecule has 1 spiro atoms. The molecule has 0 aliphatic heterocycles. The molecule has 1 aromatic rings. The van der Waals surface area contributed by atoms with Crippen molar-refractivity contribution in [1.82, 2.24) is 20.3 Å². The number of nitrogens with zero attached hydrogens (tertiary/aromatic N) is 3. The van der Waals surface area contributed by atoms with Gasteiger partial charge in [0.05, 0.1) is 24.9 Å². The second-order valence-corrected chi connectivity index (χ2v) is 13.3. The maximum Gasteiger partial charge on any atom is 0.247 e. The van der Waals surface area contributed by atoms with Gasteiger partial charge in [0.15, 0.2) is 0 Å². The molecule has 0 bridgehead atoms. The lowest BCUT2D eigenvalue weighted by Gasteiger charge is -2.59. The Morgan fingerprint density at radius 2 is 2.03 bits per heavy atom. The second-order valence-electron chi connectivity index (χ2n) is 13.3. The van der Waals surface area contributed by atoms with Gasteiger partial charge >= 0.3 is 0 Å². The van der Waals surface area contributed by atoms with Crippen molar-refractivity contribution in [1.29, 1.82) is 0 Å². The van der Waals surface area contributed by atoms with E-state index >= 15 is 0 Å². The van der Waals surface area contributed by atoms with E-state index in [2.05, 4.69) is 66.8 Å². The lowest BCUT2D eigenvalue weighted by atomic mass is 9.45. The number of nitrogens with one attached hydrogen (secondary N) is 1. The van der Waals surface area contributed by atoms with Crippen LogP contribution in [0.3, 0.4) is 0 Å². The summed E-state index contributed by atoms with van der Waals surface area (Å²) in [5.41, 5.74) is 2.16. The van der Waals surface area contributed by atoms with Crippen molar-refractivity contribution in [2.24, 2.45) is 45.8 Å². The smallest absolute Gasteiger partial charge is 0.247 e. The third kappa shape index (κ3) is 2.91. The van der Waals surface area contributed by atoms with Gasteiger partial charge in [0.2, 0.25) is 5.91 Å². The average molecular weight is 489 g/mol. The highest BCUT2D eigenvalue weighted by Gasteiger charge is 2.77. The van der Waals surface area contributed by atoms with E-state index in [0.717, 1.165) is 36.4 Å². The quantitative estimate of drug-likeness (QED) is 0.627. The molecule has 6 nitrogen and oxygen atoms in total. The van der Waals surface area contributed by atoms with Crippen LogP contribution in [0, 0.1) is 45.8 Å². The number of amides is 1. The summed E-state index contributed by atoms with van der Waals surface area (Å²) in [6, 6.07) is 0.196. The van der Waals surface area contributed by atoms with Crippen LogP contribution < -0.4 is 5.32 Å². The minimum Gasteiger partial charge on any atom is -0.393 e. The third-order valence-electron chi connectivity index (χ3n) is 12.1. The molecular formula is C30H40N4O2. The average Bonchev–Trinajstić information content (AvgIpc) is 3.35. The van der Waals surface area contributed by atoms with Crippen LogP contribution in [0.5, 0.6) is 0 Å². The van der Waals surface area contributed by atoms with Gasteiger partial charge in [0.1, 0.15) is 5.69 Å². The molecular weight excluding hydrogens is 448 g/mol. The van der Waals surface area contributed by atoms with Crippen molar-refractivity contribution in [3.63, 3.8) is 0 Å². The van der Waals surface area contributed by atoms with Gasteiger partial charge < -0.3 is 10.4 Å². The Balaban J connectivity index is 1.03. The number of carbonyl (C=O) groups is 1. The molecule has 4 fully saturated rings. The second kappa shape index (κ2) is 7.66. The monoisotopic (exact) mass is 488 g/mol. The molecule has 4 saturated carbocycles. The van der Waals surface area contributed by atoms with Crippen molar-refractivity contribution in [2.45, 2.75) is 84.4 Å². The highest BCUT2D eigenvalue weighted by molar-refractivity contribution is 5.95. The fourth-order valence-corrected chi connectivity index (χ4v) is 10.0. The maximum absolute atomic E-state index is 13.5. The van der Waals surface area contributed by atoms with Crippen LogP contribution in [0.25, 0.3) is 0 Å². The molecule has 2 N–H and O–H groups in total. The largest absolute Gasteiger partial charge is 0.393 e. The first kappa shape index (κ1) is 22.9. The number of allylic oxidation sites excluding steroid dienone is 5. The van der Waals surface area contributed by atoms with E-state index in [0.29, 0.717) is 35.6 Å². The van der Waals surface area contributed by atoms with E-state index in [4.69, 9.17) is 0 Å². The lowest BCUT2D eigenvalue weighted by Crippen LogP contribution is -2.56. The molecule has 7 rings (SSSR count). The number of aromatic nitrogens is 3. The Morgan fingerprint density at radius 3 is 2.81 bits per heavy atom. The summed E-state index contributed by atoms with van der Waals surface area (Å²) in [5, 5.41) is 23.2. The van der Waals surface area contributed by atoms with Gasteiger partial charge in [-0.05, 0) is 81.0 Å². The van der Waals surface area contributed by atoms with Crippen LogP contribution in [0.2, 0.25) is 0 Å². The van der Waals surface area contributed by atoms with Gasteiger partial charge in [0.25, 0.3) is 0 Å². The van der Waals surface area contributed by atoms with Crippen molar-refractivity contribution < 1.29 is 9.90 Å². The zero-order valence-corrected chi connectivity index (χ0v) is 21.9. The number of rotatable bonds is 5. The molecule has 6 heteroatoms. The predicted octanol–water partition coefficient (Wildman–Crippen LogP) is 4.75. The first-order valence-electron chi connectivity index (χ1n) is 14.2. The molecule has 6 aliphatic carbocycles. The zero-order valence-electron chi connectivity index (χ0n) is 21.9. The predicted molar refractivity (Wildman–Crippen MR) is 137 cm³/mol. The number of aliphatic hydroxyl groups excluding tert-OH is 1. The Kier molecular flexibility index (Phi) is 4.88. The minimum absolute atomic E-state index is 0.0462. The van der Waals surface area contributed by atoms with Crippen molar-refractivity contribution in [2.75, 3.05) is 0 Å². The summed E-state index contributed by atoms with van der Waals surface area (Å²) in [6.07, 6.45) is 20.5. The fraction of sp³-hybridized carbons (Fsp3) is 0.700. The summed E-state index contributed by atoms with van der Waals surface area (Å²) >= 11 is 0. The van der Waals surface area contributed by atoms with E-state index in [1.54, 1.807) is 0 Å². The number of fused-ring (bicyclic) bond motifs is 4. The van der Waals surface area contributed by atoms with Gasteiger partial charge in [-0.3, -0.25) is 4.79 Å². The normalized spacial score (nSPS) is 45.0. The van der Waals surface area contributed by atoms with Gasteiger partial charge in [-0.2, -0.15) is 0 Å². The van der Waals surface area contributed by atoms with Crippen molar-refractivity contribution in [3.8, 4) is 0 Å². The molecule has 0 radical (unpaired) electrons. The third-order valence-corrected chi connectivity index (χ3v) is 12.1. The van der Waals surface area contributed by atoms with E-state index in [-0.39, 0.29) is 28.9 Å². The molecule has 0 aromatic carbocycles. The molecule has 1 unspecified atom stereocenters. The summed E-state index contributed by atoms with van der Waals surface area (Å²) < 4.78 is 1.90. The van der Waals surface area contributed by atoms with Crippen LogP contribution in [0.1, 0.15) is 77.5 Å². The van der Waals surface area contributed by atoms with Crippen LogP contribution in [-0.2, 0) is 11.3 Å². The topological polar surface area (TPSA) is 80.0 Å². The van der Waals surface area contributed by atoms with Crippen molar-refractivity contribution >= 4 is 5.91 Å². The summed E-state index contributed by atoms with van der Waals surface area (Å²) in [6.45, 7) is 7.36. The Morgan fingerprint density at radius 1 is 1.22 bits per heavy atom. The molecule has 1 aromatic heterocycles. The summed E-state index contributed by atoms with van der Waals surface area (Å²) in [5.74, 6) is 2.83. The van der Waals surface area contributed by atoms with Gasteiger partial charge in [-0.1, -0.05) is 49.4 Å². The van der Waals surface area contributed by atoms with Crippen LogP contribution in [0.15, 0.2) is 42.2 Å². The molecule has 1 amide bonds. The molecule has 1 heterocycles. The fourth-order valence-electron chi connectivity index (χ4n) is 10.0. The van der Waals surface area contributed by atoms with E-state index in [1.165, 1.54) is 25.7 Å². The molecule has 0 saturated heterocycles. The number of aliphatic hydroxyl groups is 1. The van der Waals surface area contributed by atoms with E-state index in [9.17, 15) is 9.90 Å². The first-order valence-corrected chi connectivity index (χ1v) is 14.2. The van der Waals surface area contributed by atoms with Crippen LogP contribution >= 0.6 is 0 Å². The Hall–Kier alpha value is -2.21. The van der Waals surface area contributed by atoms with Gasteiger partial charge in [-0.25, -0.2) is 4.68 Å². The van der Waals surface area contributed by atoms with Gasteiger partial charge in [0, 0.05) is 22.3 Å². The molecule has 36 heavy (non-hydrogen) atoms. The standard InChI is InChI=1S/C30H40N4O2/c1-18(19-6-4-5-7-19)34-17-21(32-33-34)16-31-27(36)25-9-8-23-22-14-26(35)30-15-20(30)10-13-29(30,3)24(22)11-12-28(23,25)2/h4-7,9,17-20,22-24,26,35H,8,10-16H2,1-3H3,(H,31,36)/t18?,20-,22+,23+,24+,26-,28+,29-,30+/m1/s1. The van der Waals surface area contributed by atoms with Crippen LogP contribution in [0.4, 0.5) is 0 Å². The molecule has 6 aliphatic rings. The SMILES string of the molecule is CC(C1C=CC=C1)n1cc(CNC(=O)C2=CC[C@H]3[C@@H]4C[C@@H](O)[C@]56C[C@H]5CC[C@]6(C)[C@H]4CC[C@]23C)nn1. The Bertz CT molecular complexity index is 1170. The molecule has 9 atom stereocenters. The molecule has 192 valence electrons. The maximum atomic E-state index is 13.5. The summed E-state index contributed by atoms with van der Waals surface area (Å²) in [7, 11) is 0. The number of hydrogen-bond donors (Lipinski definition) is 2. The Labute approximate surface area is 214 Å². The summed E-state index contributed by atoms with van der Waals surface area (Å²) in [4.78, 5) is 13.5. The highest BCUT2D eigenvalue weighted by atomic mass is 16.3. The minimum atomic E-state index is -0.156.